The standard InChI is InChI=1S/C19H25N5O3/c1-3-26-16-12-8-7-11-15(16)17(21-19(25)27-4-2)23-24-13-20-22-18(24)14-9-5-6-10-14/h7-8,11-14H,3-6,9-10H2,1-2H3,(H,21,23,25). The van der Waals surface area contributed by atoms with Crippen LogP contribution >= 0.6 is 0 Å². The van der Waals surface area contributed by atoms with E-state index in [1.165, 1.54) is 12.8 Å². The molecule has 1 fully saturated rings. The third-order valence-corrected chi connectivity index (χ3v) is 4.42. The molecule has 8 nitrogen and oxygen atoms in total. The van der Waals surface area contributed by atoms with Gasteiger partial charge in [-0.1, -0.05) is 25.0 Å². The summed E-state index contributed by atoms with van der Waals surface area (Å²) in [5.41, 5.74) is 0.665. The molecule has 0 atom stereocenters. The number of aromatic nitrogens is 3. The molecular formula is C19H25N5O3. The van der Waals surface area contributed by atoms with E-state index in [-0.39, 0.29) is 6.61 Å². The van der Waals surface area contributed by atoms with Crippen LogP contribution in [0.1, 0.15) is 56.8 Å². The molecule has 2 aromatic rings. The number of benzene rings is 1. The lowest BCUT2D eigenvalue weighted by molar-refractivity contribution is 0.158. The van der Waals surface area contributed by atoms with E-state index in [4.69, 9.17) is 9.47 Å². The van der Waals surface area contributed by atoms with Gasteiger partial charge in [0.25, 0.3) is 0 Å². The van der Waals surface area contributed by atoms with Crippen molar-refractivity contribution in [3.8, 4) is 5.75 Å². The van der Waals surface area contributed by atoms with Gasteiger partial charge in [-0.05, 0) is 38.8 Å². The van der Waals surface area contributed by atoms with E-state index >= 15 is 0 Å². The number of rotatable bonds is 6. The summed E-state index contributed by atoms with van der Waals surface area (Å²) in [5.74, 6) is 2.11. The van der Waals surface area contributed by atoms with Crippen LogP contribution in [0.2, 0.25) is 0 Å². The Morgan fingerprint density at radius 2 is 2.04 bits per heavy atom. The van der Waals surface area contributed by atoms with Gasteiger partial charge in [-0.3, -0.25) is 5.32 Å². The van der Waals surface area contributed by atoms with E-state index < -0.39 is 6.09 Å². The van der Waals surface area contributed by atoms with E-state index in [1.54, 1.807) is 17.9 Å². The molecule has 0 bridgehead atoms. The summed E-state index contributed by atoms with van der Waals surface area (Å²) < 4.78 is 12.4. The lowest BCUT2D eigenvalue weighted by atomic mass is 10.1. The van der Waals surface area contributed by atoms with E-state index in [1.807, 2.05) is 31.2 Å². The molecule has 1 heterocycles. The molecule has 0 radical (unpaired) electrons. The monoisotopic (exact) mass is 371 g/mol. The molecule has 1 aromatic heterocycles. The number of amidine groups is 1. The van der Waals surface area contributed by atoms with Gasteiger partial charge in [-0.15, -0.1) is 15.3 Å². The molecule has 144 valence electrons. The first-order chi connectivity index (χ1) is 13.2. The lowest BCUT2D eigenvalue weighted by Crippen LogP contribution is -2.33. The summed E-state index contributed by atoms with van der Waals surface area (Å²) in [6.45, 7) is 4.43. The highest BCUT2D eigenvalue weighted by Gasteiger charge is 2.23. The number of nitrogens with one attached hydrogen (secondary N) is 1. The van der Waals surface area contributed by atoms with E-state index in [9.17, 15) is 4.79 Å². The fourth-order valence-corrected chi connectivity index (χ4v) is 3.23. The molecule has 1 aliphatic carbocycles. The van der Waals surface area contributed by atoms with Crippen LogP contribution in [-0.2, 0) is 4.74 Å². The number of alkyl carbamates (subject to hydrolysis) is 1. The first kappa shape index (κ1) is 18.9. The molecule has 1 amide bonds. The summed E-state index contributed by atoms with van der Waals surface area (Å²) in [5, 5.41) is 15.6. The Kier molecular flexibility index (Phi) is 6.40. The second kappa shape index (κ2) is 9.16. The molecule has 1 aromatic carbocycles. The second-order valence-electron chi connectivity index (χ2n) is 6.24. The fourth-order valence-electron chi connectivity index (χ4n) is 3.23. The minimum absolute atomic E-state index is 0.270. The number of hydrogen-bond donors (Lipinski definition) is 1. The minimum Gasteiger partial charge on any atom is -0.493 e. The maximum atomic E-state index is 12.1. The normalized spacial score (nSPS) is 15.0. The third kappa shape index (κ3) is 4.64. The Bertz CT molecular complexity index is 796. The van der Waals surface area contributed by atoms with Crippen molar-refractivity contribution in [2.24, 2.45) is 5.10 Å². The molecule has 3 rings (SSSR count). The zero-order valence-corrected chi connectivity index (χ0v) is 15.7. The van der Waals surface area contributed by atoms with Crippen LogP contribution in [0.25, 0.3) is 0 Å². The number of carbonyl (C=O) groups is 1. The van der Waals surface area contributed by atoms with Gasteiger partial charge in [0.15, 0.2) is 11.7 Å². The van der Waals surface area contributed by atoms with Crippen molar-refractivity contribution < 1.29 is 14.3 Å². The predicted octanol–water partition coefficient (Wildman–Crippen LogP) is 3.29. The van der Waals surface area contributed by atoms with Gasteiger partial charge >= 0.3 is 6.09 Å². The third-order valence-electron chi connectivity index (χ3n) is 4.42. The average Bonchev–Trinajstić information content (AvgIpc) is 3.33. The van der Waals surface area contributed by atoms with Crippen molar-refractivity contribution >= 4 is 11.9 Å². The van der Waals surface area contributed by atoms with Gasteiger partial charge in [-0.2, -0.15) is 0 Å². The van der Waals surface area contributed by atoms with Gasteiger partial charge < -0.3 is 9.47 Å². The minimum atomic E-state index is -0.571. The van der Waals surface area contributed by atoms with Gasteiger partial charge in [0.1, 0.15) is 12.1 Å². The number of ether oxygens (including phenoxy) is 2. The van der Waals surface area contributed by atoms with Gasteiger partial charge in [-0.25, -0.2) is 9.47 Å². The van der Waals surface area contributed by atoms with Crippen LogP contribution in [0.15, 0.2) is 35.7 Å². The smallest absolute Gasteiger partial charge is 0.412 e. The molecule has 0 unspecified atom stereocenters. The molecule has 27 heavy (non-hydrogen) atoms. The lowest BCUT2D eigenvalue weighted by Gasteiger charge is -2.14. The number of para-hydroxylation sites is 1. The van der Waals surface area contributed by atoms with Gasteiger partial charge in [0, 0.05) is 5.92 Å². The van der Waals surface area contributed by atoms with E-state index in [2.05, 4.69) is 20.6 Å². The molecule has 0 aliphatic heterocycles. The molecule has 1 N–H and O–H groups in total. The van der Waals surface area contributed by atoms with Crippen LogP contribution in [-0.4, -0.2) is 40.0 Å². The SMILES string of the molecule is CCOC(=O)N/C(=N\n1cnnc1C1CCCC1)c1ccccc1OCC. The largest absolute Gasteiger partial charge is 0.493 e. The first-order valence-corrected chi connectivity index (χ1v) is 9.37. The zero-order chi connectivity index (χ0) is 19.1. The highest BCUT2D eigenvalue weighted by Crippen LogP contribution is 2.32. The van der Waals surface area contributed by atoms with Crippen molar-refractivity contribution in [2.45, 2.75) is 45.4 Å². The van der Waals surface area contributed by atoms with Crippen molar-refractivity contribution in [3.63, 3.8) is 0 Å². The molecule has 1 saturated carbocycles. The van der Waals surface area contributed by atoms with E-state index in [0.29, 0.717) is 29.7 Å². The molecule has 0 saturated heterocycles. The summed E-state index contributed by atoms with van der Waals surface area (Å²) >= 11 is 0. The fraction of sp³-hybridized carbons (Fsp3) is 0.474. The highest BCUT2D eigenvalue weighted by atomic mass is 16.5. The number of amides is 1. The van der Waals surface area contributed by atoms with Crippen molar-refractivity contribution in [1.29, 1.82) is 0 Å². The maximum absolute atomic E-state index is 12.1. The maximum Gasteiger partial charge on any atom is 0.412 e. The summed E-state index contributed by atoms with van der Waals surface area (Å²) in [6.07, 6.45) is 5.50. The van der Waals surface area contributed by atoms with Crippen LogP contribution in [0.4, 0.5) is 4.79 Å². The average molecular weight is 371 g/mol. The summed E-state index contributed by atoms with van der Waals surface area (Å²) in [6, 6.07) is 7.42. The topological polar surface area (TPSA) is 90.6 Å². The number of hydrogen-bond acceptors (Lipinski definition) is 6. The van der Waals surface area contributed by atoms with Crippen LogP contribution < -0.4 is 10.1 Å². The Hall–Kier alpha value is -2.90. The van der Waals surface area contributed by atoms with E-state index in [0.717, 1.165) is 18.7 Å². The predicted molar refractivity (Wildman–Crippen MR) is 101 cm³/mol. The zero-order valence-electron chi connectivity index (χ0n) is 15.7. The Morgan fingerprint density at radius 1 is 1.26 bits per heavy atom. The molecular weight excluding hydrogens is 346 g/mol. The van der Waals surface area contributed by atoms with Crippen LogP contribution in [0, 0.1) is 0 Å². The quantitative estimate of drug-likeness (QED) is 0.621. The highest BCUT2D eigenvalue weighted by molar-refractivity contribution is 6.08. The Balaban J connectivity index is 1.99. The number of nitrogens with zero attached hydrogens (tertiary/aromatic N) is 4. The molecule has 8 heteroatoms. The summed E-state index contributed by atoms with van der Waals surface area (Å²) in [4.78, 5) is 12.1. The molecule has 1 aliphatic rings. The molecule has 0 spiro atoms. The Morgan fingerprint density at radius 3 is 2.78 bits per heavy atom. The Labute approximate surface area is 158 Å². The van der Waals surface area contributed by atoms with Gasteiger partial charge in [0.2, 0.25) is 0 Å². The second-order valence-corrected chi connectivity index (χ2v) is 6.24. The van der Waals surface area contributed by atoms with Gasteiger partial charge in [0.05, 0.1) is 18.8 Å². The van der Waals surface area contributed by atoms with Crippen molar-refractivity contribution in [2.75, 3.05) is 13.2 Å². The van der Waals surface area contributed by atoms with Crippen molar-refractivity contribution in [1.82, 2.24) is 20.2 Å². The van der Waals surface area contributed by atoms with Crippen molar-refractivity contribution in [3.05, 3.63) is 42.0 Å². The van der Waals surface area contributed by atoms with Crippen LogP contribution in [0.3, 0.4) is 0 Å². The summed E-state index contributed by atoms with van der Waals surface area (Å²) in [7, 11) is 0. The van der Waals surface area contributed by atoms with Crippen LogP contribution in [0.5, 0.6) is 5.75 Å². The number of carbonyl (C=O) groups excluding carboxylic acids is 1. The first-order valence-electron chi connectivity index (χ1n) is 9.37.